The van der Waals surface area contributed by atoms with Crippen LogP contribution in [0.4, 0.5) is 30.7 Å². The molecule has 0 aromatic rings. The zero-order valence-corrected chi connectivity index (χ0v) is 17.0. The van der Waals surface area contributed by atoms with E-state index in [1.54, 1.807) is 0 Å². The average Bonchev–Trinajstić information content (AvgIpc) is 2.59. The molecule has 8 nitrogen and oxygen atoms in total. The molecule has 0 aromatic heterocycles. The van der Waals surface area contributed by atoms with Crippen molar-refractivity contribution in [2.75, 3.05) is 13.2 Å². The van der Waals surface area contributed by atoms with Gasteiger partial charge in [0.05, 0.1) is 13.2 Å². The quantitative estimate of drug-likeness (QED) is 0.100. The first-order valence-electron chi connectivity index (χ1n) is 8.34. The fourth-order valence-electron chi connectivity index (χ4n) is 1.81. The Kier molecular flexibility index (Phi) is 9.92. The first-order chi connectivity index (χ1) is 13.7. The summed E-state index contributed by atoms with van der Waals surface area (Å²) in [4.78, 5) is 12.0. The van der Waals surface area contributed by atoms with Crippen molar-refractivity contribution in [2.45, 2.75) is 56.1 Å². The van der Waals surface area contributed by atoms with Crippen LogP contribution in [-0.2, 0) is 29.1 Å². The van der Waals surface area contributed by atoms with Gasteiger partial charge in [0.25, 0.3) is 0 Å². The minimum absolute atomic E-state index is 0.417. The molecule has 2 atom stereocenters. The van der Waals surface area contributed by atoms with Gasteiger partial charge in [0.1, 0.15) is 0 Å². The number of hydrogen-bond donors (Lipinski definition) is 2. The largest absolute Gasteiger partial charge is 0.461 e. The van der Waals surface area contributed by atoms with Crippen molar-refractivity contribution in [2.24, 2.45) is 5.92 Å². The summed E-state index contributed by atoms with van der Waals surface area (Å²) in [5.74, 6) is -12.4. The van der Waals surface area contributed by atoms with Crippen molar-refractivity contribution in [1.82, 2.24) is 0 Å². The van der Waals surface area contributed by atoms with Gasteiger partial charge in [0.15, 0.2) is 6.29 Å². The molecule has 0 aliphatic heterocycles. The van der Waals surface area contributed by atoms with Crippen LogP contribution in [0.1, 0.15) is 26.7 Å². The summed E-state index contributed by atoms with van der Waals surface area (Å²) in [5.41, 5.74) is 0. The normalized spacial score (nSPS) is 16.6. The number of esters is 1. The van der Waals surface area contributed by atoms with Crippen LogP contribution in [-0.4, -0.2) is 66.7 Å². The van der Waals surface area contributed by atoms with E-state index >= 15 is 0 Å². The molecular formula is C15H21F7O8S. The number of hydrogen-bond acceptors (Lipinski definition) is 7. The van der Waals surface area contributed by atoms with Crippen molar-refractivity contribution in [1.29, 1.82) is 0 Å². The fourth-order valence-corrected chi connectivity index (χ4v) is 2.28. The van der Waals surface area contributed by atoms with Crippen LogP contribution in [0.3, 0.4) is 0 Å². The molecule has 16 heteroatoms. The van der Waals surface area contributed by atoms with Gasteiger partial charge in [-0.1, -0.05) is 20.4 Å². The molecule has 31 heavy (non-hydrogen) atoms. The number of rotatable bonds is 13. The lowest BCUT2D eigenvalue weighted by atomic mass is 10.2. The summed E-state index contributed by atoms with van der Waals surface area (Å²) in [6, 6.07) is 0. The summed E-state index contributed by atoms with van der Waals surface area (Å²) in [5, 5.41) is 3.39. The van der Waals surface area contributed by atoms with E-state index in [0.29, 0.717) is 6.08 Å². The van der Waals surface area contributed by atoms with Gasteiger partial charge in [-0.2, -0.15) is 39.2 Å². The lowest BCUT2D eigenvalue weighted by molar-refractivity contribution is -0.390. The van der Waals surface area contributed by atoms with E-state index in [9.17, 15) is 49.1 Å². The number of aliphatic hydroxyl groups excluding tert-OH is 1. The van der Waals surface area contributed by atoms with Crippen molar-refractivity contribution in [3.8, 4) is 0 Å². The van der Waals surface area contributed by atoms with Crippen LogP contribution in [0.2, 0.25) is 0 Å². The lowest BCUT2D eigenvalue weighted by Gasteiger charge is -2.34. The van der Waals surface area contributed by atoms with Crippen molar-refractivity contribution in [3.05, 3.63) is 12.7 Å². The zero-order valence-electron chi connectivity index (χ0n) is 16.2. The number of carbonyl (C=O) groups is 1. The zero-order chi connectivity index (χ0) is 24.9. The highest BCUT2D eigenvalue weighted by molar-refractivity contribution is 7.87. The standard InChI is InChI=1S/C15H21F7O8S/c1-4-10(23)30-13(14(18,19)20,11(24)28-8-9(2)3)29-7-5-6-12(16,17)15(21,22)31(25,26)27/h4,9-10,23H,1,5-8H2,2-3H3,(H,25,26,27). The molecule has 0 saturated carbocycles. The minimum Gasteiger partial charge on any atom is -0.461 e. The Balaban J connectivity index is 5.64. The van der Waals surface area contributed by atoms with Crippen LogP contribution in [0.5, 0.6) is 0 Å². The molecule has 0 bridgehead atoms. The molecule has 0 rings (SSSR count). The summed E-state index contributed by atoms with van der Waals surface area (Å²) in [6.07, 6.45) is -11.2. The van der Waals surface area contributed by atoms with Crippen molar-refractivity contribution < 1.29 is 67.8 Å². The van der Waals surface area contributed by atoms with E-state index in [1.165, 1.54) is 13.8 Å². The molecule has 0 aliphatic carbocycles. The molecule has 0 fully saturated rings. The Morgan fingerprint density at radius 3 is 2.03 bits per heavy atom. The number of aliphatic hydroxyl groups is 1. The molecule has 0 saturated heterocycles. The van der Waals surface area contributed by atoms with Crippen LogP contribution in [0, 0.1) is 5.92 Å². The fraction of sp³-hybridized carbons (Fsp3) is 0.800. The molecule has 0 aromatic carbocycles. The van der Waals surface area contributed by atoms with Crippen LogP contribution in [0.15, 0.2) is 12.7 Å². The molecule has 0 aliphatic rings. The van der Waals surface area contributed by atoms with Crippen molar-refractivity contribution in [3.63, 3.8) is 0 Å². The lowest BCUT2D eigenvalue weighted by Crippen LogP contribution is -2.59. The summed E-state index contributed by atoms with van der Waals surface area (Å²) >= 11 is 0. The Bertz CT molecular complexity index is 723. The Morgan fingerprint density at radius 2 is 1.65 bits per heavy atom. The van der Waals surface area contributed by atoms with Crippen molar-refractivity contribution >= 4 is 16.1 Å². The molecule has 0 heterocycles. The first kappa shape index (κ1) is 29.5. The number of halogens is 7. The van der Waals surface area contributed by atoms with E-state index in [-0.39, 0.29) is 0 Å². The Hall–Kier alpha value is -1.49. The first-order valence-corrected chi connectivity index (χ1v) is 9.78. The van der Waals surface area contributed by atoms with Gasteiger partial charge >= 0.3 is 39.2 Å². The Labute approximate surface area is 172 Å². The van der Waals surface area contributed by atoms with E-state index in [2.05, 4.69) is 20.8 Å². The van der Waals surface area contributed by atoms with E-state index in [1.807, 2.05) is 0 Å². The van der Waals surface area contributed by atoms with Crippen LogP contribution in [0.25, 0.3) is 0 Å². The average molecular weight is 494 g/mol. The predicted octanol–water partition coefficient (Wildman–Crippen LogP) is 2.88. The van der Waals surface area contributed by atoms with Gasteiger partial charge in [0.2, 0.25) is 0 Å². The van der Waals surface area contributed by atoms with Gasteiger partial charge in [-0.15, -0.1) is 0 Å². The second kappa shape index (κ2) is 10.4. The van der Waals surface area contributed by atoms with E-state index in [0.717, 1.165) is 0 Å². The van der Waals surface area contributed by atoms with Crippen LogP contribution >= 0.6 is 0 Å². The topological polar surface area (TPSA) is 119 Å². The predicted molar refractivity (Wildman–Crippen MR) is 88.5 cm³/mol. The maximum atomic E-state index is 13.6. The highest BCUT2D eigenvalue weighted by Crippen LogP contribution is 2.42. The van der Waals surface area contributed by atoms with Gasteiger partial charge in [0, 0.05) is 6.42 Å². The SMILES string of the molecule is C=CC(O)OC(OCCCC(F)(F)C(F)(F)S(=O)(=O)O)(C(=O)OCC(C)C)C(F)(F)F. The number of alkyl halides is 7. The molecule has 0 amide bonds. The summed E-state index contributed by atoms with van der Waals surface area (Å²) < 4.78 is 136. The van der Waals surface area contributed by atoms with Gasteiger partial charge in [-0.05, 0) is 18.4 Å². The maximum absolute atomic E-state index is 13.6. The molecule has 2 N–H and O–H groups in total. The summed E-state index contributed by atoms with van der Waals surface area (Å²) in [7, 11) is -6.54. The number of ether oxygens (including phenoxy) is 3. The molecule has 0 radical (unpaired) electrons. The molecule has 184 valence electrons. The number of carbonyl (C=O) groups excluding carboxylic acids is 1. The maximum Gasteiger partial charge on any atom is 0.455 e. The summed E-state index contributed by atoms with van der Waals surface area (Å²) in [6.45, 7) is 3.78. The monoisotopic (exact) mass is 494 g/mol. The van der Waals surface area contributed by atoms with Gasteiger partial charge in [-0.25, -0.2) is 4.79 Å². The highest BCUT2D eigenvalue weighted by atomic mass is 32.2. The second-order valence-corrected chi connectivity index (χ2v) is 7.96. The Morgan fingerprint density at radius 1 is 1.13 bits per heavy atom. The van der Waals surface area contributed by atoms with E-state index in [4.69, 9.17) is 4.55 Å². The molecule has 0 spiro atoms. The molecular weight excluding hydrogens is 473 g/mol. The van der Waals surface area contributed by atoms with E-state index < -0.39 is 77.5 Å². The van der Waals surface area contributed by atoms with Gasteiger partial charge < -0.3 is 19.3 Å². The third kappa shape index (κ3) is 7.27. The second-order valence-electron chi connectivity index (χ2n) is 6.50. The van der Waals surface area contributed by atoms with Crippen LogP contribution < -0.4 is 0 Å². The smallest absolute Gasteiger partial charge is 0.455 e. The minimum atomic E-state index is -6.54. The third-order valence-corrected chi connectivity index (χ3v) is 4.31. The van der Waals surface area contributed by atoms with Gasteiger partial charge in [-0.3, -0.25) is 4.55 Å². The molecule has 2 unspecified atom stereocenters. The highest BCUT2D eigenvalue weighted by Gasteiger charge is 2.67. The third-order valence-electron chi connectivity index (χ3n) is 3.37.